The van der Waals surface area contributed by atoms with Crippen molar-refractivity contribution in [1.82, 2.24) is 15.1 Å². The number of benzene rings is 1. The normalized spacial score (nSPS) is 28.3. The number of fused-ring (bicyclic) bond motifs is 2. The molecule has 3 aliphatic rings. The Morgan fingerprint density at radius 1 is 1.23 bits per heavy atom. The fraction of sp³-hybridized carbons (Fsp3) is 0.550. The molecule has 1 aromatic carbocycles. The summed E-state index contributed by atoms with van der Waals surface area (Å²) in [5.41, 5.74) is 0.982. The van der Waals surface area contributed by atoms with E-state index in [1.165, 1.54) is 0 Å². The monoisotopic (exact) mass is 355 g/mol. The number of carbonyl (C=O) groups excluding carboxylic acids is 3. The Bertz CT molecular complexity index is 762. The molecule has 138 valence electrons. The molecule has 1 N–H and O–H groups in total. The highest BCUT2D eigenvalue weighted by Gasteiger charge is 2.54. The minimum Gasteiger partial charge on any atom is -0.338 e. The van der Waals surface area contributed by atoms with E-state index in [1.807, 2.05) is 36.1 Å². The second kappa shape index (κ2) is 6.41. The van der Waals surface area contributed by atoms with Crippen LogP contribution in [0.2, 0.25) is 0 Å². The number of piperidine rings is 1. The molecule has 0 saturated carbocycles. The van der Waals surface area contributed by atoms with Gasteiger partial charge in [-0.3, -0.25) is 14.5 Å². The molecule has 0 aromatic heterocycles. The summed E-state index contributed by atoms with van der Waals surface area (Å²) in [4.78, 5) is 41.5. The van der Waals surface area contributed by atoms with Crippen molar-refractivity contribution in [1.29, 1.82) is 0 Å². The number of nitrogens with zero attached hydrogens (tertiary/aromatic N) is 2. The van der Waals surface area contributed by atoms with Crippen LogP contribution in [0.4, 0.5) is 4.79 Å². The van der Waals surface area contributed by atoms with Crippen molar-refractivity contribution in [3.05, 3.63) is 35.4 Å². The lowest BCUT2D eigenvalue weighted by molar-refractivity contribution is -0.141. The molecule has 0 radical (unpaired) electrons. The largest absolute Gasteiger partial charge is 0.338 e. The standard InChI is InChI=1S/C20H25N3O3/c1-14-7-4-5-12-22(14)17(24)13-23-18(25)20(21-19(23)26)11-6-9-15-8-2-3-10-16(15)20/h2-3,8,10,14H,4-7,9,11-13H2,1H3,(H,21,26)/t14-,20+/m0/s1. The van der Waals surface area contributed by atoms with Crippen LogP contribution in [0, 0.1) is 0 Å². The number of hydrogen-bond acceptors (Lipinski definition) is 3. The first-order valence-corrected chi connectivity index (χ1v) is 9.55. The van der Waals surface area contributed by atoms with Gasteiger partial charge in [-0.1, -0.05) is 24.3 Å². The molecule has 2 atom stereocenters. The number of likely N-dealkylation sites (tertiary alicyclic amines) is 1. The van der Waals surface area contributed by atoms with Crippen LogP contribution in [0.5, 0.6) is 0 Å². The lowest BCUT2D eigenvalue weighted by Crippen LogP contribution is -2.49. The molecule has 1 aliphatic carbocycles. The third-order valence-corrected chi connectivity index (χ3v) is 6.07. The van der Waals surface area contributed by atoms with E-state index in [-0.39, 0.29) is 24.4 Å². The lowest BCUT2D eigenvalue weighted by atomic mass is 9.76. The highest BCUT2D eigenvalue weighted by molar-refractivity contribution is 6.09. The number of nitrogens with one attached hydrogen (secondary N) is 1. The van der Waals surface area contributed by atoms with E-state index in [2.05, 4.69) is 5.32 Å². The SMILES string of the molecule is C[C@H]1CCCCN1C(=O)CN1C(=O)N[C@@]2(CCCc3ccccc32)C1=O. The number of amides is 4. The summed E-state index contributed by atoms with van der Waals surface area (Å²) in [6.45, 7) is 2.57. The van der Waals surface area contributed by atoms with Crippen molar-refractivity contribution in [3.63, 3.8) is 0 Å². The number of carbonyl (C=O) groups is 3. The zero-order valence-electron chi connectivity index (χ0n) is 15.2. The summed E-state index contributed by atoms with van der Waals surface area (Å²) in [5, 5.41) is 2.91. The van der Waals surface area contributed by atoms with Crippen LogP contribution in [0.25, 0.3) is 0 Å². The van der Waals surface area contributed by atoms with Crippen LogP contribution in [0.1, 0.15) is 50.2 Å². The van der Waals surface area contributed by atoms with E-state index in [4.69, 9.17) is 0 Å². The van der Waals surface area contributed by atoms with Crippen LogP contribution < -0.4 is 5.32 Å². The highest BCUT2D eigenvalue weighted by atomic mass is 16.2. The Morgan fingerprint density at radius 3 is 2.85 bits per heavy atom. The molecule has 2 fully saturated rings. The lowest BCUT2D eigenvalue weighted by Gasteiger charge is -2.35. The number of aryl methyl sites for hydroxylation is 1. The van der Waals surface area contributed by atoms with E-state index >= 15 is 0 Å². The molecule has 2 heterocycles. The highest BCUT2D eigenvalue weighted by Crippen LogP contribution is 2.39. The first-order valence-electron chi connectivity index (χ1n) is 9.55. The Morgan fingerprint density at radius 2 is 2.04 bits per heavy atom. The number of urea groups is 1. The predicted molar refractivity (Wildman–Crippen MR) is 96.3 cm³/mol. The van der Waals surface area contributed by atoms with Crippen LogP contribution in [-0.2, 0) is 21.5 Å². The smallest absolute Gasteiger partial charge is 0.325 e. The summed E-state index contributed by atoms with van der Waals surface area (Å²) in [7, 11) is 0. The fourth-order valence-electron chi connectivity index (χ4n) is 4.65. The van der Waals surface area contributed by atoms with Crippen LogP contribution in [0.3, 0.4) is 0 Å². The summed E-state index contributed by atoms with van der Waals surface area (Å²) in [6.07, 6.45) is 5.41. The molecule has 1 aromatic rings. The van der Waals surface area contributed by atoms with E-state index in [0.29, 0.717) is 13.0 Å². The van der Waals surface area contributed by atoms with Crippen LogP contribution >= 0.6 is 0 Å². The second-order valence-electron chi connectivity index (χ2n) is 7.67. The minimum absolute atomic E-state index is 0.137. The molecule has 4 rings (SSSR count). The first-order chi connectivity index (χ1) is 12.5. The van der Waals surface area contributed by atoms with Gasteiger partial charge in [-0.15, -0.1) is 0 Å². The first kappa shape index (κ1) is 17.1. The molecule has 0 bridgehead atoms. The quantitative estimate of drug-likeness (QED) is 0.827. The van der Waals surface area contributed by atoms with Gasteiger partial charge in [0, 0.05) is 12.6 Å². The van der Waals surface area contributed by atoms with Gasteiger partial charge in [-0.05, 0) is 56.6 Å². The van der Waals surface area contributed by atoms with Gasteiger partial charge < -0.3 is 10.2 Å². The maximum atomic E-state index is 13.2. The fourth-order valence-corrected chi connectivity index (χ4v) is 4.65. The second-order valence-corrected chi connectivity index (χ2v) is 7.67. The van der Waals surface area contributed by atoms with Gasteiger partial charge in [0.15, 0.2) is 0 Å². The Hall–Kier alpha value is -2.37. The van der Waals surface area contributed by atoms with Crippen LogP contribution in [0.15, 0.2) is 24.3 Å². The van der Waals surface area contributed by atoms with E-state index in [9.17, 15) is 14.4 Å². The summed E-state index contributed by atoms with van der Waals surface area (Å²) in [6, 6.07) is 7.50. The van der Waals surface area contributed by atoms with Gasteiger partial charge in [-0.25, -0.2) is 4.79 Å². The van der Waals surface area contributed by atoms with Gasteiger partial charge in [-0.2, -0.15) is 0 Å². The maximum Gasteiger partial charge on any atom is 0.325 e. The van der Waals surface area contributed by atoms with E-state index < -0.39 is 11.6 Å². The van der Waals surface area contributed by atoms with Gasteiger partial charge >= 0.3 is 6.03 Å². The molecule has 1 spiro atoms. The summed E-state index contributed by atoms with van der Waals surface area (Å²) < 4.78 is 0. The predicted octanol–water partition coefficient (Wildman–Crippen LogP) is 2.17. The molecular weight excluding hydrogens is 330 g/mol. The van der Waals surface area contributed by atoms with Crippen LogP contribution in [-0.4, -0.2) is 46.8 Å². The van der Waals surface area contributed by atoms with Crippen molar-refractivity contribution in [3.8, 4) is 0 Å². The van der Waals surface area contributed by atoms with Crippen molar-refractivity contribution in [2.75, 3.05) is 13.1 Å². The number of imide groups is 1. The van der Waals surface area contributed by atoms with Gasteiger partial charge in [0.05, 0.1) is 0 Å². The van der Waals surface area contributed by atoms with Crippen molar-refractivity contribution < 1.29 is 14.4 Å². The third kappa shape index (κ3) is 2.59. The van der Waals surface area contributed by atoms with Crippen molar-refractivity contribution in [2.45, 2.75) is 57.0 Å². The summed E-state index contributed by atoms with van der Waals surface area (Å²) in [5.74, 6) is -0.422. The average molecular weight is 355 g/mol. The Kier molecular flexibility index (Phi) is 4.21. The molecule has 6 heteroatoms. The molecule has 2 saturated heterocycles. The molecular formula is C20H25N3O3. The van der Waals surface area contributed by atoms with E-state index in [0.717, 1.165) is 48.1 Å². The minimum atomic E-state index is -1.00. The third-order valence-electron chi connectivity index (χ3n) is 6.07. The van der Waals surface area contributed by atoms with Gasteiger partial charge in [0.1, 0.15) is 12.1 Å². The van der Waals surface area contributed by atoms with Gasteiger partial charge in [0.25, 0.3) is 5.91 Å². The molecule has 26 heavy (non-hydrogen) atoms. The molecule has 2 aliphatic heterocycles. The van der Waals surface area contributed by atoms with Crippen molar-refractivity contribution >= 4 is 17.8 Å². The van der Waals surface area contributed by atoms with E-state index in [1.54, 1.807) is 0 Å². The molecule has 4 amide bonds. The zero-order chi connectivity index (χ0) is 18.3. The summed E-state index contributed by atoms with van der Waals surface area (Å²) >= 11 is 0. The molecule has 6 nitrogen and oxygen atoms in total. The number of rotatable bonds is 2. The number of hydrogen-bond donors (Lipinski definition) is 1. The van der Waals surface area contributed by atoms with Crippen molar-refractivity contribution in [2.24, 2.45) is 0 Å². The topological polar surface area (TPSA) is 69.7 Å². The molecule has 0 unspecified atom stereocenters. The Labute approximate surface area is 153 Å². The Balaban J connectivity index is 1.58. The average Bonchev–Trinajstić information content (AvgIpc) is 2.87. The van der Waals surface area contributed by atoms with Gasteiger partial charge in [0.2, 0.25) is 5.91 Å². The zero-order valence-corrected chi connectivity index (χ0v) is 15.2. The maximum absolute atomic E-state index is 13.2.